The van der Waals surface area contributed by atoms with Crippen LogP contribution >= 0.6 is 27.5 Å². The van der Waals surface area contributed by atoms with E-state index in [0.717, 1.165) is 16.1 Å². The molecule has 0 aliphatic carbocycles. The fourth-order valence-electron chi connectivity index (χ4n) is 1.35. The maximum absolute atomic E-state index is 11.2. The summed E-state index contributed by atoms with van der Waals surface area (Å²) in [7, 11) is 0. The molecule has 1 aromatic carbocycles. The Labute approximate surface area is 116 Å². The highest BCUT2D eigenvalue weighted by molar-refractivity contribution is 9.10. The third-order valence-corrected chi connectivity index (χ3v) is 3.18. The normalized spacial score (nSPS) is 11.0. The van der Waals surface area contributed by atoms with E-state index >= 15 is 0 Å². The Morgan fingerprint density at radius 3 is 2.78 bits per heavy atom. The number of benzene rings is 1. The lowest BCUT2D eigenvalue weighted by Crippen LogP contribution is -1.97. The number of hydrogen-bond donors (Lipinski definition) is 1. The molecule has 0 atom stereocenters. The first-order valence-electron chi connectivity index (χ1n) is 5.02. The van der Waals surface area contributed by atoms with Gasteiger partial charge in [-0.3, -0.25) is 4.79 Å². The lowest BCUT2D eigenvalue weighted by Gasteiger charge is -1.99. The van der Waals surface area contributed by atoms with Crippen molar-refractivity contribution in [3.8, 4) is 5.75 Å². The van der Waals surface area contributed by atoms with Crippen LogP contribution in [0, 0.1) is 0 Å². The molecule has 0 radical (unpaired) electrons. The molecule has 0 aliphatic heterocycles. The molecule has 2 aromatic rings. The van der Waals surface area contributed by atoms with Crippen LogP contribution in [0.4, 0.5) is 0 Å². The van der Waals surface area contributed by atoms with Crippen molar-refractivity contribution in [1.82, 2.24) is 0 Å². The van der Waals surface area contributed by atoms with Gasteiger partial charge in [0.25, 0.3) is 0 Å². The van der Waals surface area contributed by atoms with Gasteiger partial charge >= 0.3 is 0 Å². The van der Waals surface area contributed by atoms with E-state index < -0.39 is 11.2 Å². The van der Waals surface area contributed by atoms with E-state index in [9.17, 15) is 9.90 Å². The second-order valence-corrected chi connectivity index (χ2v) is 4.79. The Morgan fingerprint density at radius 2 is 2.06 bits per heavy atom. The zero-order valence-corrected chi connectivity index (χ0v) is 11.4. The minimum Gasteiger partial charge on any atom is -0.502 e. The van der Waals surface area contributed by atoms with Crippen LogP contribution in [-0.2, 0) is 0 Å². The summed E-state index contributed by atoms with van der Waals surface area (Å²) in [4.78, 5) is 11.2. The van der Waals surface area contributed by atoms with E-state index in [4.69, 9.17) is 16.0 Å². The molecule has 3 nitrogen and oxygen atoms in total. The summed E-state index contributed by atoms with van der Waals surface area (Å²) in [6.45, 7) is 0. The lowest BCUT2D eigenvalue weighted by molar-refractivity contribution is 0.424. The Kier molecular flexibility index (Phi) is 3.89. The van der Waals surface area contributed by atoms with E-state index in [1.807, 2.05) is 0 Å². The van der Waals surface area contributed by atoms with Gasteiger partial charge in [0.1, 0.15) is 0 Å². The zero-order valence-electron chi connectivity index (χ0n) is 9.06. The van der Waals surface area contributed by atoms with Gasteiger partial charge in [-0.05, 0) is 29.8 Å². The van der Waals surface area contributed by atoms with Crippen molar-refractivity contribution < 1.29 is 9.52 Å². The Bertz CT molecular complexity index is 662. The number of halogens is 2. The average molecular weight is 328 g/mol. The van der Waals surface area contributed by atoms with Crippen molar-refractivity contribution in [2.45, 2.75) is 0 Å². The summed E-state index contributed by atoms with van der Waals surface area (Å²) < 4.78 is 5.86. The van der Waals surface area contributed by atoms with E-state index in [-0.39, 0.29) is 5.76 Å². The molecule has 0 unspecified atom stereocenters. The number of hydrogen-bond acceptors (Lipinski definition) is 3. The van der Waals surface area contributed by atoms with E-state index in [1.54, 1.807) is 24.3 Å². The van der Waals surface area contributed by atoms with Crippen LogP contribution < -0.4 is 5.43 Å². The van der Waals surface area contributed by atoms with Gasteiger partial charge in [-0.2, -0.15) is 0 Å². The standard InChI is InChI=1S/C13H8BrClO3/c14-10-7-9(15)3-1-8(10)2-4-12-13(17)11(16)5-6-18-12/h1-7,17H. The molecule has 18 heavy (non-hydrogen) atoms. The summed E-state index contributed by atoms with van der Waals surface area (Å²) in [5.74, 6) is -0.289. The summed E-state index contributed by atoms with van der Waals surface area (Å²) in [5.41, 5.74) is 0.376. The first kappa shape index (κ1) is 12.9. The van der Waals surface area contributed by atoms with Gasteiger partial charge in [-0.25, -0.2) is 0 Å². The molecule has 0 spiro atoms. The largest absolute Gasteiger partial charge is 0.502 e. The molecular weight excluding hydrogens is 319 g/mol. The van der Waals surface area contributed by atoms with Crippen LogP contribution in [0.3, 0.4) is 0 Å². The van der Waals surface area contributed by atoms with Crippen molar-refractivity contribution in [2.75, 3.05) is 0 Å². The molecule has 0 aliphatic rings. The second kappa shape index (κ2) is 5.42. The molecule has 1 heterocycles. The fraction of sp³-hybridized carbons (Fsp3) is 0. The summed E-state index contributed by atoms with van der Waals surface area (Å²) in [5, 5.41) is 10.1. The predicted molar refractivity (Wildman–Crippen MR) is 74.7 cm³/mol. The van der Waals surface area contributed by atoms with E-state index in [2.05, 4.69) is 15.9 Å². The van der Waals surface area contributed by atoms with Crippen LogP contribution in [0.25, 0.3) is 12.2 Å². The third-order valence-electron chi connectivity index (χ3n) is 2.26. The molecule has 0 fully saturated rings. The van der Waals surface area contributed by atoms with Gasteiger partial charge < -0.3 is 9.52 Å². The molecule has 1 aromatic heterocycles. The number of rotatable bonds is 2. The van der Waals surface area contributed by atoms with E-state index in [0.29, 0.717) is 5.02 Å². The van der Waals surface area contributed by atoms with Gasteiger partial charge in [0.15, 0.2) is 5.76 Å². The summed E-state index contributed by atoms with van der Waals surface area (Å²) in [6.07, 6.45) is 4.46. The highest BCUT2D eigenvalue weighted by atomic mass is 79.9. The van der Waals surface area contributed by atoms with Crippen molar-refractivity contribution in [2.24, 2.45) is 0 Å². The molecule has 0 bridgehead atoms. The van der Waals surface area contributed by atoms with Crippen molar-refractivity contribution in [1.29, 1.82) is 0 Å². The van der Waals surface area contributed by atoms with Crippen LogP contribution in [0.1, 0.15) is 11.3 Å². The van der Waals surface area contributed by atoms with Gasteiger partial charge in [0.05, 0.1) is 6.26 Å². The quantitative estimate of drug-likeness (QED) is 0.909. The van der Waals surface area contributed by atoms with Gasteiger partial charge in [-0.1, -0.05) is 33.6 Å². The van der Waals surface area contributed by atoms with Gasteiger partial charge in [0, 0.05) is 15.6 Å². The Morgan fingerprint density at radius 1 is 1.28 bits per heavy atom. The minimum absolute atomic E-state index is 0.115. The monoisotopic (exact) mass is 326 g/mol. The molecular formula is C13H8BrClO3. The van der Waals surface area contributed by atoms with Crippen LogP contribution in [0.15, 0.2) is 44.2 Å². The minimum atomic E-state index is -0.476. The summed E-state index contributed by atoms with van der Waals surface area (Å²) >= 11 is 9.19. The molecule has 5 heteroatoms. The maximum Gasteiger partial charge on any atom is 0.227 e. The first-order valence-corrected chi connectivity index (χ1v) is 6.19. The van der Waals surface area contributed by atoms with Crippen LogP contribution in [0.2, 0.25) is 5.02 Å². The topological polar surface area (TPSA) is 50.4 Å². The Balaban J connectivity index is 2.36. The SMILES string of the molecule is O=c1ccoc(C=Cc2ccc(Cl)cc2Br)c1O. The van der Waals surface area contributed by atoms with Crippen molar-refractivity contribution in [3.63, 3.8) is 0 Å². The van der Waals surface area contributed by atoms with Crippen LogP contribution in [-0.4, -0.2) is 5.11 Å². The summed E-state index contributed by atoms with van der Waals surface area (Å²) in [6, 6.07) is 6.46. The van der Waals surface area contributed by atoms with Gasteiger partial charge in [0.2, 0.25) is 11.2 Å². The van der Waals surface area contributed by atoms with Crippen molar-refractivity contribution in [3.05, 3.63) is 61.6 Å². The molecule has 0 saturated carbocycles. The smallest absolute Gasteiger partial charge is 0.227 e. The van der Waals surface area contributed by atoms with Crippen molar-refractivity contribution >= 4 is 39.7 Å². The fourth-order valence-corrected chi connectivity index (χ4v) is 2.16. The highest BCUT2D eigenvalue weighted by Gasteiger charge is 2.04. The van der Waals surface area contributed by atoms with Gasteiger partial charge in [-0.15, -0.1) is 0 Å². The van der Waals surface area contributed by atoms with E-state index in [1.165, 1.54) is 12.3 Å². The average Bonchev–Trinajstić information content (AvgIpc) is 2.33. The zero-order chi connectivity index (χ0) is 13.1. The number of aromatic hydroxyl groups is 1. The lowest BCUT2D eigenvalue weighted by atomic mass is 10.2. The molecule has 0 amide bonds. The second-order valence-electron chi connectivity index (χ2n) is 3.50. The Hall–Kier alpha value is -1.52. The predicted octanol–water partition coefficient (Wildman–Crippen LogP) is 3.93. The molecule has 1 N–H and O–H groups in total. The first-order chi connectivity index (χ1) is 8.58. The highest BCUT2D eigenvalue weighted by Crippen LogP contribution is 2.24. The maximum atomic E-state index is 11.2. The molecule has 0 saturated heterocycles. The molecule has 92 valence electrons. The third kappa shape index (κ3) is 2.83. The molecule has 2 rings (SSSR count). The van der Waals surface area contributed by atoms with Crippen LogP contribution in [0.5, 0.6) is 5.75 Å².